The first kappa shape index (κ1) is 8.00. The van der Waals surface area contributed by atoms with Gasteiger partial charge in [-0.05, 0) is 11.1 Å². The number of fused-ring (bicyclic) bond motifs is 3. The first-order chi connectivity index (χ1) is 6.79. The molecule has 1 unspecified atom stereocenters. The first-order valence-electron chi connectivity index (χ1n) is 4.71. The third-order valence-corrected chi connectivity index (χ3v) is 3.08. The summed E-state index contributed by atoms with van der Waals surface area (Å²) in [5, 5.41) is 8.93. The highest BCUT2D eigenvalue weighted by atomic mass is 16.5. The van der Waals surface area contributed by atoms with Gasteiger partial charge in [0.1, 0.15) is 0 Å². The normalized spacial score (nSPS) is 33.0. The lowest BCUT2D eigenvalue weighted by Crippen LogP contribution is -2.07. The van der Waals surface area contributed by atoms with Crippen molar-refractivity contribution in [1.29, 1.82) is 0 Å². The number of ether oxygens (including phenoxy) is 1. The molecular formula is C11H10O3. The molecular weight excluding hydrogens is 180 g/mol. The van der Waals surface area contributed by atoms with Gasteiger partial charge >= 0.3 is 5.97 Å². The minimum atomic E-state index is -0.739. The molecule has 1 aliphatic carbocycles. The van der Waals surface area contributed by atoms with Gasteiger partial charge in [-0.1, -0.05) is 24.3 Å². The molecule has 0 saturated heterocycles. The summed E-state index contributed by atoms with van der Waals surface area (Å²) in [7, 11) is 0. The van der Waals surface area contributed by atoms with Crippen molar-refractivity contribution in [1.82, 2.24) is 0 Å². The lowest BCUT2D eigenvalue weighted by atomic mass is 10.0. The Morgan fingerprint density at radius 1 is 1.43 bits per heavy atom. The van der Waals surface area contributed by atoms with Crippen molar-refractivity contribution in [2.75, 3.05) is 0 Å². The summed E-state index contributed by atoms with van der Waals surface area (Å²) >= 11 is 0. The number of aliphatic carboxylic acids is 1. The number of benzene rings is 1. The number of carboxylic acid groups (broad SMARTS) is 1. The molecule has 72 valence electrons. The van der Waals surface area contributed by atoms with E-state index in [1.165, 1.54) is 0 Å². The topological polar surface area (TPSA) is 46.5 Å². The van der Waals surface area contributed by atoms with Crippen molar-refractivity contribution in [2.24, 2.45) is 5.92 Å². The fourth-order valence-electron chi connectivity index (χ4n) is 2.33. The van der Waals surface area contributed by atoms with Crippen molar-refractivity contribution >= 4 is 5.97 Å². The zero-order valence-electron chi connectivity index (χ0n) is 7.51. The second-order valence-corrected chi connectivity index (χ2v) is 3.86. The van der Waals surface area contributed by atoms with Gasteiger partial charge in [-0.2, -0.15) is 0 Å². The van der Waals surface area contributed by atoms with Gasteiger partial charge in [-0.3, -0.25) is 4.79 Å². The largest absolute Gasteiger partial charge is 0.481 e. The van der Waals surface area contributed by atoms with Crippen LogP contribution in [0.25, 0.3) is 0 Å². The number of carbonyl (C=O) groups is 1. The van der Waals surface area contributed by atoms with Crippen LogP contribution < -0.4 is 0 Å². The molecule has 1 aliphatic heterocycles. The van der Waals surface area contributed by atoms with Crippen molar-refractivity contribution in [3.05, 3.63) is 35.4 Å². The first-order valence-corrected chi connectivity index (χ1v) is 4.71. The average molecular weight is 190 g/mol. The Labute approximate surface area is 81.3 Å². The molecule has 1 saturated carbocycles. The van der Waals surface area contributed by atoms with Crippen LogP contribution in [0.2, 0.25) is 0 Å². The maximum absolute atomic E-state index is 10.9. The van der Waals surface area contributed by atoms with E-state index in [1.807, 2.05) is 24.3 Å². The molecule has 1 aromatic rings. The van der Waals surface area contributed by atoms with E-state index < -0.39 is 5.97 Å². The van der Waals surface area contributed by atoms with Crippen molar-refractivity contribution in [2.45, 2.75) is 18.6 Å². The van der Waals surface area contributed by atoms with E-state index in [0.29, 0.717) is 6.61 Å². The number of carboxylic acids is 1. The SMILES string of the molecule is O=C(O)[C@@H]1C2OCc3ccccc3[C@@H]21. The monoisotopic (exact) mass is 190 g/mol. The molecule has 1 heterocycles. The molecule has 3 nitrogen and oxygen atoms in total. The van der Waals surface area contributed by atoms with Crippen LogP contribution in [0.3, 0.4) is 0 Å². The standard InChI is InChI=1S/C11H10O3/c12-11(13)9-8-7-4-2-1-3-6(7)5-14-10(8)9/h1-4,8-10H,5H2,(H,12,13)/t8-,9+,10?/m1/s1. The van der Waals surface area contributed by atoms with Crippen LogP contribution in [0.15, 0.2) is 24.3 Å². The van der Waals surface area contributed by atoms with E-state index in [-0.39, 0.29) is 17.9 Å². The van der Waals surface area contributed by atoms with Crippen molar-refractivity contribution < 1.29 is 14.6 Å². The summed E-state index contributed by atoms with van der Waals surface area (Å²) < 4.78 is 5.47. The Kier molecular flexibility index (Phi) is 1.47. The zero-order valence-corrected chi connectivity index (χ0v) is 7.51. The summed E-state index contributed by atoms with van der Waals surface area (Å²) in [5.74, 6) is -0.965. The smallest absolute Gasteiger partial charge is 0.309 e. The molecule has 0 spiro atoms. The molecule has 3 heteroatoms. The van der Waals surface area contributed by atoms with Gasteiger partial charge in [0.15, 0.2) is 0 Å². The van der Waals surface area contributed by atoms with Crippen LogP contribution in [-0.2, 0) is 16.1 Å². The van der Waals surface area contributed by atoms with Gasteiger partial charge < -0.3 is 9.84 Å². The molecule has 1 N–H and O–H groups in total. The van der Waals surface area contributed by atoms with Gasteiger partial charge in [0.05, 0.1) is 18.6 Å². The molecule has 0 aromatic heterocycles. The van der Waals surface area contributed by atoms with Crippen LogP contribution in [-0.4, -0.2) is 17.2 Å². The van der Waals surface area contributed by atoms with E-state index in [1.54, 1.807) is 0 Å². The maximum Gasteiger partial charge on any atom is 0.309 e. The van der Waals surface area contributed by atoms with Crippen molar-refractivity contribution in [3.63, 3.8) is 0 Å². The Bertz CT molecular complexity index is 399. The van der Waals surface area contributed by atoms with Gasteiger partial charge in [0, 0.05) is 5.92 Å². The molecule has 3 rings (SSSR count). The molecule has 14 heavy (non-hydrogen) atoms. The van der Waals surface area contributed by atoms with Gasteiger partial charge in [0.2, 0.25) is 0 Å². The fraction of sp³-hybridized carbons (Fsp3) is 0.364. The number of hydrogen-bond donors (Lipinski definition) is 1. The minimum absolute atomic E-state index is 0.0811. The lowest BCUT2D eigenvalue weighted by Gasteiger charge is -2.14. The predicted octanol–water partition coefficient (Wildman–Crippen LogP) is 1.38. The molecule has 0 bridgehead atoms. The van der Waals surface area contributed by atoms with Crippen LogP contribution >= 0.6 is 0 Å². The van der Waals surface area contributed by atoms with Crippen molar-refractivity contribution in [3.8, 4) is 0 Å². The van der Waals surface area contributed by atoms with Gasteiger partial charge in [-0.15, -0.1) is 0 Å². The van der Waals surface area contributed by atoms with E-state index in [2.05, 4.69) is 0 Å². The number of rotatable bonds is 1. The van der Waals surface area contributed by atoms with Crippen LogP contribution in [0.5, 0.6) is 0 Å². The summed E-state index contributed by atoms with van der Waals surface area (Å²) in [6.07, 6.45) is -0.0811. The fourth-order valence-corrected chi connectivity index (χ4v) is 2.33. The molecule has 0 radical (unpaired) electrons. The minimum Gasteiger partial charge on any atom is -0.481 e. The maximum atomic E-state index is 10.9. The Hall–Kier alpha value is -1.35. The quantitative estimate of drug-likeness (QED) is 0.727. The highest BCUT2D eigenvalue weighted by Crippen LogP contribution is 2.54. The average Bonchev–Trinajstić information content (AvgIpc) is 2.92. The lowest BCUT2D eigenvalue weighted by molar-refractivity contribution is -0.139. The molecule has 1 aromatic carbocycles. The molecule has 1 fully saturated rings. The Balaban J connectivity index is 2.00. The summed E-state index contributed by atoms with van der Waals surface area (Å²) in [6.45, 7) is 0.557. The predicted molar refractivity (Wildman–Crippen MR) is 48.9 cm³/mol. The second kappa shape index (κ2) is 2.58. The highest BCUT2D eigenvalue weighted by molar-refractivity contribution is 5.77. The van der Waals surface area contributed by atoms with E-state index >= 15 is 0 Å². The Morgan fingerprint density at radius 2 is 2.21 bits per heavy atom. The number of hydrogen-bond acceptors (Lipinski definition) is 2. The molecule has 3 atom stereocenters. The third-order valence-electron chi connectivity index (χ3n) is 3.08. The van der Waals surface area contributed by atoms with E-state index in [4.69, 9.17) is 9.84 Å². The van der Waals surface area contributed by atoms with Crippen LogP contribution in [0.1, 0.15) is 17.0 Å². The zero-order chi connectivity index (χ0) is 9.71. The second-order valence-electron chi connectivity index (χ2n) is 3.86. The highest BCUT2D eigenvalue weighted by Gasteiger charge is 2.59. The summed E-state index contributed by atoms with van der Waals surface area (Å²) in [4.78, 5) is 10.9. The van der Waals surface area contributed by atoms with E-state index in [9.17, 15) is 4.79 Å². The molecule has 2 aliphatic rings. The van der Waals surface area contributed by atoms with Gasteiger partial charge in [-0.25, -0.2) is 0 Å². The van der Waals surface area contributed by atoms with E-state index in [0.717, 1.165) is 11.1 Å². The van der Waals surface area contributed by atoms with Gasteiger partial charge in [0.25, 0.3) is 0 Å². The summed E-state index contributed by atoms with van der Waals surface area (Å²) in [5.41, 5.74) is 2.30. The third kappa shape index (κ3) is 0.930. The Morgan fingerprint density at radius 3 is 3.00 bits per heavy atom. The summed E-state index contributed by atoms with van der Waals surface area (Å²) in [6, 6.07) is 7.93. The van der Waals surface area contributed by atoms with Crippen LogP contribution in [0.4, 0.5) is 0 Å². The molecule has 0 amide bonds. The van der Waals surface area contributed by atoms with Crippen LogP contribution in [0, 0.1) is 5.92 Å².